The molecule has 0 spiro atoms. The third-order valence-corrected chi connectivity index (χ3v) is 0. The first-order valence-electron chi connectivity index (χ1n) is 0. The molecule has 4 heteroatoms. The fraction of sp³-hybridized carbons (Fsp3) is 0. The number of rotatable bonds is 0. The van der Waals surface area contributed by atoms with Crippen LogP contribution in [0.5, 0.6) is 0 Å². The summed E-state index contributed by atoms with van der Waals surface area (Å²) in [6.45, 7) is 0. The Bertz CT molecular complexity index is 13.5. The van der Waals surface area contributed by atoms with Crippen LogP contribution in [0.25, 0.3) is 0 Å². The maximum absolute atomic E-state index is 0. The van der Waals surface area contributed by atoms with Crippen LogP contribution in [0.2, 0.25) is 0 Å². The molecule has 2 radical (unpaired) electrons. The third-order valence-electron chi connectivity index (χ3n) is 0. The molecular weight excluding hydrogens is 139 g/mol. The van der Waals surface area contributed by atoms with E-state index in [0.717, 1.165) is 0 Å². The molecule has 0 rings (SSSR count). The van der Waals surface area contributed by atoms with Gasteiger partial charge < -0.3 is 8.33 Å². The molecule has 0 heterocycles. The summed E-state index contributed by atoms with van der Waals surface area (Å²) < 4.78 is 0. The molecule has 0 aromatic heterocycles. The van der Waals surface area contributed by atoms with Crippen LogP contribution in [0, 0.1) is 0 Å². The maximum Gasteiger partial charge on any atom is 2.00 e. The molecule has 0 aromatic rings. The van der Waals surface area contributed by atoms with E-state index in [9.17, 15) is 0 Å². The maximum atomic E-state index is 0. The van der Waals surface area contributed by atoms with E-state index in [-0.39, 0.29) is 74.1 Å². The minimum Gasteiger partial charge on any atom is -1.00 e. The van der Waals surface area contributed by atoms with Gasteiger partial charge in [-0.25, -0.2) is 0 Å². The second-order valence-corrected chi connectivity index (χ2v) is 0. The Morgan fingerprint density at radius 3 is 1.25 bits per heavy atom. The standard InChI is InChI=1S/Ca.Mn.H2O.H3Si.2H/h;;1H2;1H3;;/q+2;;;;2*-1. The molecular formula is H7CaMnOSi. The van der Waals surface area contributed by atoms with Crippen molar-refractivity contribution >= 4 is 48.7 Å². The first-order chi connectivity index (χ1) is 0. The Balaban J connectivity index is 0. The quantitative estimate of drug-likeness (QED) is 0.348. The molecule has 4 heavy (non-hydrogen) atoms. The predicted molar refractivity (Wildman–Crippen MR) is 21.5 cm³/mol. The van der Waals surface area contributed by atoms with Crippen LogP contribution >= 0.6 is 0 Å². The molecule has 0 aliphatic carbocycles. The first kappa shape index (κ1) is 38.2. The molecule has 0 fully saturated rings. The summed E-state index contributed by atoms with van der Waals surface area (Å²) in [5.74, 6) is 0. The van der Waals surface area contributed by atoms with Gasteiger partial charge in [0.25, 0.3) is 0 Å². The summed E-state index contributed by atoms with van der Waals surface area (Å²) in [4.78, 5) is 0. The van der Waals surface area contributed by atoms with Crippen LogP contribution in [0.4, 0.5) is 0 Å². The van der Waals surface area contributed by atoms with E-state index in [1.54, 1.807) is 0 Å². The van der Waals surface area contributed by atoms with Gasteiger partial charge in [0.05, 0.1) is 0 Å². The van der Waals surface area contributed by atoms with Crippen LogP contribution in [0.15, 0.2) is 0 Å². The monoisotopic (exact) mass is 146 g/mol. The summed E-state index contributed by atoms with van der Waals surface area (Å²) in [6, 6.07) is 0. The molecule has 1 nitrogen and oxygen atoms in total. The van der Waals surface area contributed by atoms with Crippen molar-refractivity contribution in [1.29, 1.82) is 0 Å². The minimum atomic E-state index is 0. The van der Waals surface area contributed by atoms with Gasteiger partial charge in [-0.2, -0.15) is 0 Å². The molecule has 0 saturated heterocycles. The summed E-state index contributed by atoms with van der Waals surface area (Å²) in [6.07, 6.45) is 0. The van der Waals surface area contributed by atoms with Crippen molar-refractivity contribution in [2.24, 2.45) is 0 Å². The van der Waals surface area contributed by atoms with E-state index in [1.165, 1.54) is 0 Å². The normalized spacial score (nSPS) is 0. The Morgan fingerprint density at radius 1 is 1.25 bits per heavy atom. The van der Waals surface area contributed by atoms with Gasteiger partial charge in [-0.3, -0.25) is 0 Å². The van der Waals surface area contributed by atoms with Gasteiger partial charge in [0.2, 0.25) is 0 Å². The Hall–Kier alpha value is 1.96. The van der Waals surface area contributed by atoms with Gasteiger partial charge >= 0.3 is 37.7 Å². The van der Waals surface area contributed by atoms with Crippen LogP contribution < -0.4 is 0 Å². The molecule has 0 saturated carbocycles. The van der Waals surface area contributed by atoms with Crippen LogP contribution in [0.3, 0.4) is 0 Å². The second kappa shape index (κ2) is 20.3. The van der Waals surface area contributed by atoms with Crippen molar-refractivity contribution in [2.75, 3.05) is 0 Å². The molecule has 2 N–H and O–H groups in total. The minimum absolute atomic E-state index is 0. The van der Waals surface area contributed by atoms with Crippen molar-refractivity contribution in [2.45, 2.75) is 0 Å². The molecule has 26 valence electrons. The molecule has 0 unspecified atom stereocenters. The zero-order valence-electron chi connectivity index (χ0n) is 4.59. The van der Waals surface area contributed by atoms with Crippen LogP contribution in [-0.2, 0) is 17.1 Å². The fourth-order valence-corrected chi connectivity index (χ4v) is 0. The van der Waals surface area contributed by atoms with E-state index in [2.05, 4.69) is 0 Å². The van der Waals surface area contributed by atoms with Gasteiger partial charge in [-0.1, -0.05) is 0 Å². The van der Waals surface area contributed by atoms with Crippen molar-refractivity contribution in [1.82, 2.24) is 0 Å². The second-order valence-electron chi connectivity index (χ2n) is 0. The molecule has 0 atom stereocenters. The summed E-state index contributed by atoms with van der Waals surface area (Å²) in [7, 11) is 0. The van der Waals surface area contributed by atoms with Gasteiger partial charge in [0.15, 0.2) is 0 Å². The van der Waals surface area contributed by atoms with Crippen molar-refractivity contribution < 1.29 is 25.4 Å². The van der Waals surface area contributed by atoms with E-state index in [1.807, 2.05) is 0 Å². The topological polar surface area (TPSA) is 31.5 Å². The van der Waals surface area contributed by atoms with E-state index < -0.39 is 0 Å². The van der Waals surface area contributed by atoms with E-state index >= 15 is 0 Å². The van der Waals surface area contributed by atoms with Gasteiger partial charge in [0, 0.05) is 17.1 Å². The van der Waals surface area contributed by atoms with Crippen molar-refractivity contribution in [3.63, 3.8) is 0 Å². The zero-order chi connectivity index (χ0) is 0. The predicted octanol–water partition coefficient (Wildman–Crippen LogP) is -2.17. The first-order valence-corrected chi connectivity index (χ1v) is 0. The summed E-state index contributed by atoms with van der Waals surface area (Å²) in [5.41, 5.74) is 0. The summed E-state index contributed by atoms with van der Waals surface area (Å²) >= 11 is 0. The van der Waals surface area contributed by atoms with Gasteiger partial charge in [-0.05, 0) is 11.0 Å². The zero-order valence-corrected chi connectivity index (χ0v) is 7.97. The van der Waals surface area contributed by atoms with Gasteiger partial charge in [0.1, 0.15) is 0 Å². The smallest absolute Gasteiger partial charge is 1.00 e. The summed E-state index contributed by atoms with van der Waals surface area (Å²) in [5, 5.41) is 0. The molecule has 0 aliphatic heterocycles. The molecule has 0 amide bonds. The molecule has 0 aromatic carbocycles. The van der Waals surface area contributed by atoms with E-state index in [4.69, 9.17) is 0 Å². The van der Waals surface area contributed by atoms with E-state index in [0.29, 0.717) is 0 Å². The van der Waals surface area contributed by atoms with Gasteiger partial charge in [-0.15, -0.1) is 0 Å². The number of hydrogen-bond donors (Lipinski definition) is 0. The van der Waals surface area contributed by atoms with Crippen LogP contribution in [0.1, 0.15) is 2.85 Å². The largest absolute Gasteiger partial charge is 2.00 e. The van der Waals surface area contributed by atoms with Crippen molar-refractivity contribution in [3.8, 4) is 0 Å². The number of hydrogen-bond acceptors (Lipinski definition) is 0. The average Bonchev–Trinajstić information content (AvgIpc) is 0. The molecule has 0 bridgehead atoms. The van der Waals surface area contributed by atoms with Crippen LogP contribution in [-0.4, -0.2) is 54.2 Å². The Kier molecular flexibility index (Phi) is 194. The van der Waals surface area contributed by atoms with Crippen molar-refractivity contribution in [3.05, 3.63) is 0 Å². The Morgan fingerprint density at radius 2 is 1.25 bits per heavy atom. The third kappa shape index (κ3) is 9.03. The average molecular weight is 146 g/mol. The fourth-order valence-electron chi connectivity index (χ4n) is 0. The Labute approximate surface area is 73.3 Å². The molecule has 0 aliphatic rings. The SMILES string of the molecule is O.[Ca+2].[H-].[H-].[Mn].[SiH3].